The molecule has 0 aromatic heterocycles. The van der Waals surface area contributed by atoms with E-state index in [0.29, 0.717) is 50.8 Å². The Morgan fingerprint density at radius 2 is 1.84 bits per heavy atom. The molecule has 1 amide bonds. The monoisotopic (exact) mass is 524 g/mol. The second-order valence-electron chi connectivity index (χ2n) is 11.7. The zero-order chi connectivity index (χ0) is 26.3. The Bertz CT molecular complexity index is 1150. The van der Waals surface area contributed by atoms with Crippen LogP contribution in [0.3, 0.4) is 0 Å². The highest BCUT2D eigenvalue weighted by Gasteiger charge is 2.54. The van der Waals surface area contributed by atoms with E-state index in [-0.39, 0.29) is 42.0 Å². The van der Waals surface area contributed by atoms with Crippen molar-refractivity contribution in [1.82, 2.24) is 10.2 Å². The van der Waals surface area contributed by atoms with Gasteiger partial charge in [0.25, 0.3) is 0 Å². The van der Waals surface area contributed by atoms with Crippen LogP contribution in [0.2, 0.25) is 0 Å². The van der Waals surface area contributed by atoms with Crippen LogP contribution in [0.15, 0.2) is 48.5 Å². The number of rotatable bonds is 4. The van der Waals surface area contributed by atoms with Crippen molar-refractivity contribution in [2.45, 2.75) is 68.2 Å². The van der Waals surface area contributed by atoms with E-state index in [1.165, 1.54) is 5.56 Å². The number of likely N-dealkylation sites (tertiary alicyclic amines) is 1. The van der Waals surface area contributed by atoms with Gasteiger partial charge >= 0.3 is 0 Å². The Morgan fingerprint density at radius 3 is 2.61 bits per heavy atom. The van der Waals surface area contributed by atoms with Crippen LogP contribution in [0.5, 0.6) is 11.5 Å². The number of carbonyl (C=O) groups is 1. The molecule has 2 aromatic carbocycles. The Morgan fingerprint density at radius 1 is 1.05 bits per heavy atom. The fourth-order valence-electron chi connectivity index (χ4n) is 7.71. The number of halogens is 2. The van der Waals surface area contributed by atoms with Gasteiger partial charge in [0.05, 0.1) is 19.6 Å². The third-order valence-corrected chi connectivity index (χ3v) is 9.79. The lowest BCUT2D eigenvalue weighted by Gasteiger charge is -2.48. The molecule has 1 spiro atoms. The lowest BCUT2D eigenvalue weighted by molar-refractivity contribution is -0.144. The number of nitrogens with zero attached hydrogens (tertiary/aromatic N) is 1. The molecule has 7 heteroatoms. The van der Waals surface area contributed by atoms with Gasteiger partial charge in [-0.1, -0.05) is 42.5 Å². The number of hydrogen-bond acceptors (Lipinski definition) is 4. The summed E-state index contributed by atoms with van der Waals surface area (Å²) in [6.07, 6.45) is 3.30. The van der Waals surface area contributed by atoms with E-state index in [1.54, 1.807) is 7.11 Å². The lowest BCUT2D eigenvalue weighted by Crippen LogP contribution is -2.55. The molecule has 0 bridgehead atoms. The molecular weight excluding hydrogens is 486 g/mol. The van der Waals surface area contributed by atoms with Crippen molar-refractivity contribution in [3.8, 4) is 11.5 Å². The van der Waals surface area contributed by atoms with Crippen molar-refractivity contribution in [2.24, 2.45) is 11.8 Å². The summed E-state index contributed by atoms with van der Waals surface area (Å²) in [4.78, 5) is 16.6. The molecule has 2 aromatic rings. The number of fused-ring (bicyclic) bond motifs is 2. The van der Waals surface area contributed by atoms with Gasteiger partial charge < -0.3 is 19.7 Å². The highest BCUT2D eigenvalue weighted by molar-refractivity contribution is 5.82. The average Bonchev–Trinajstić information content (AvgIpc) is 3.36. The van der Waals surface area contributed by atoms with Crippen LogP contribution in [0, 0.1) is 11.8 Å². The van der Waals surface area contributed by atoms with Gasteiger partial charge in [0, 0.05) is 49.5 Å². The lowest BCUT2D eigenvalue weighted by atomic mass is 9.67. The van der Waals surface area contributed by atoms with Gasteiger partial charge in [-0.25, -0.2) is 8.78 Å². The number of carbonyl (C=O) groups excluding carboxylic acids is 1. The average molecular weight is 525 g/mol. The Kier molecular flexibility index (Phi) is 6.83. The molecule has 1 N–H and O–H groups in total. The second kappa shape index (κ2) is 10.1. The van der Waals surface area contributed by atoms with E-state index < -0.39 is 5.92 Å². The summed E-state index contributed by atoms with van der Waals surface area (Å²) < 4.78 is 39.9. The molecule has 6 rings (SSSR count). The molecule has 5 nitrogen and oxygen atoms in total. The summed E-state index contributed by atoms with van der Waals surface area (Å²) >= 11 is 0. The topological polar surface area (TPSA) is 50.8 Å². The predicted molar refractivity (Wildman–Crippen MR) is 142 cm³/mol. The Balaban J connectivity index is 1.31. The number of piperidine rings is 1. The maximum atomic E-state index is 14.5. The van der Waals surface area contributed by atoms with Crippen molar-refractivity contribution >= 4 is 5.91 Å². The minimum absolute atomic E-state index is 0.0140. The van der Waals surface area contributed by atoms with Crippen LogP contribution in [0.1, 0.15) is 62.0 Å². The maximum absolute atomic E-state index is 14.5. The van der Waals surface area contributed by atoms with E-state index in [1.807, 2.05) is 18.2 Å². The third kappa shape index (κ3) is 4.47. The number of benzene rings is 2. The number of nitrogens with one attached hydrogen (secondary N) is 1. The zero-order valence-corrected chi connectivity index (χ0v) is 22.1. The van der Waals surface area contributed by atoms with Crippen LogP contribution in [0.25, 0.3) is 0 Å². The van der Waals surface area contributed by atoms with E-state index in [2.05, 4.69) is 40.5 Å². The van der Waals surface area contributed by atoms with E-state index >= 15 is 0 Å². The largest absolute Gasteiger partial charge is 0.493 e. The molecule has 4 aliphatic rings. The molecule has 3 aliphatic heterocycles. The number of amides is 1. The van der Waals surface area contributed by atoms with Crippen molar-refractivity contribution in [1.29, 1.82) is 0 Å². The Hall–Kier alpha value is -2.67. The minimum Gasteiger partial charge on any atom is -0.493 e. The standard InChI is InChI=1S/C31H38F2N2O3/c1-37-27-9-5-8-24-28(27)38-17-15-30(24)20-34-19-25(30)29(36)35-16-12-23(21-6-3-2-4-7-21)18-26(35)22-10-13-31(32,33)14-11-22/h2-9,22-23,25-26,34H,10-20H2,1H3. The first-order valence-corrected chi connectivity index (χ1v) is 14.2. The van der Waals surface area contributed by atoms with Gasteiger partial charge in [-0.3, -0.25) is 4.79 Å². The van der Waals surface area contributed by atoms with Gasteiger partial charge in [0.15, 0.2) is 11.5 Å². The van der Waals surface area contributed by atoms with Gasteiger partial charge in [-0.15, -0.1) is 0 Å². The number of alkyl halides is 2. The summed E-state index contributed by atoms with van der Waals surface area (Å²) in [6.45, 7) is 2.54. The number of methoxy groups -OCH3 is 1. The fourth-order valence-corrected chi connectivity index (χ4v) is 7.71. The second-order valence-corrected chi connectivity index (χ2v) is 11.7. The summed E-state index contributed by atoms with van der Waals surface area (Å²) in [5.41, 5.74) is 1.97. The highest BCUT2D eigenvalue weighted by atomic mass is 19.3. The molecule has 4 unspecified atom stereocenters. The van der Waals surface area contributed by atoms with E-state index in [0.717, 1.165) is 30.6 Å². The van der Waals surface area contributed by atoms with E-state index in [9.17, 15) is 13.6 Å². The molecule has 38 heavy (non-hydrogen) atoms. The molecule has 204 valence electrons. The SMILES string of the molecule is COc1cccc2c1OCCC21CNCC1C(=O)N1CCC(c2ccccc2)CC1C1CCC(F)(F)CC1. The van der Waals surface area contributed by atoms with Gasteiger partial charge in [0.2, 0.25) is 11.8 Å². The quantitative estimate of drug-likeness (QED) is 0.571. The fraction of sp³-hybridized carbons (Fsp3) is 0.581. The molecule has 3 fully saturated rings. The van der Waals surface area contributed by atoms with Crippen LogP contribution in [-0.4, -0.2) is 56.1 Å². The molecule has 4 atom stereocenters. The van der Waals surface area contributed by atoms with Crippen LogP contribution < -0.4 is 14.8 Å². The summed E-state index contributed by atoms with van der Waals surface area (Å²) in [7, 11) is 1.64. The first-order chi connectivity index (χ1) is 18.4. The van der Waals surface area contributed by atoms with Crippen molar-refractivity contribution in [3.05, 3.63) is 59.7 Å². The number of ether oxygens (including phenoxy) is 2. The molecular formula is C31H38F2N2O3. The van der Waals surface area contributed by atoms with Gasteiger partial charge in [-0.2, -0.15) is 0 Å². The summed E-state index contributed by atoms with van der Waals surface area (Å²) in [5.74, 6) is -0.740. The van der Waals surface area contributed by atoms with Crippen LogP contribution in [-0.2, 0) is 10.2 Å². The van der Waals surface area contributed by atoms with Crippen molar-refractivity contribution in [2.75, 3.05) is 33.4 Å². The van der Waals surface area contributed by atoms with Gasteiger partial charge in [-0.05, 0) is 55.6 Å². The van der Waals surface area contributed by atoms with Crippen LogP contribution in [0.4, 0.5) is 8.78 Å². The number of hydrogen-bond donors (Lipinski definition) is 1. The summed E-state index contributed by atoms with van der Waals surface area (Å²) in [5, 5.41) is 3.53. The van der Waals surface area contributed by atoms with Crippen molar-refractivity contribution in [3.63, 3.8) is 0 Å². The van der Waals surface area contributed by atoms with E-state index in [4.69, 9.17) is 9.47 Å². The predicted octanol–water partition coefficient (Wildman–Crippen LogP) is 5.54. The molecule has 0 radical (unpaired) electrons. The molecule has 1 aliphatic carbocycles. The third-order valence-electron chi connectivity index (χ3n) is 9.79. The molecule has 1 saturated carbocycles. The maximum Gasteiger partial charge on any atom is 0.248 e. The summed E-state index contributed by atoms with van der Waals surface area (Å²) in [6, 6.07) is 16.4. The van der Waals surface area contributed by atoms with Crippen molar-refractivity contribution < 1.29 is 23.0 Å². The van der Waals surface area contributed by atoms with Crippen LogP contribution >= 0.6 is 0 Å². The Labute approximate surface area is 223 Å². The first-order valence-electron chi connectivity index (χ1n) is 14.2. The minimum atomic E-state index is -2.58. The number of para-hydroxylation sites is 1. The molecule has 3 heterocycles. The smallest absolute Gasteiger partial charge is 0.248 e. The first kappa shape index (κ1) is 25.6. The van der Waals surface area contributed by atoms with Gasteiger partial charge in [0.1, 0.15) is 0 Å². The zero-order valence-electron chi connectivity index (χ0n) is 22.1. The molecule has 2 saturated heterocycles. The normalized spacial score (nSPS) is 31.0. The highest BCUT2D eigenvalue weighted by Crippen LogP contribution is 2.51.